The average Bonchev–Trinajstić information content (AvgIpc) is 2.34. The second-order valence-electron chi connectivity index (χ2n) is 3.84. The number of benzene rings is 1. The summed E-state index contributed by atoms with van der Waals surface area (Å²) in [7, 11) is 0. The summed E-state index contributed by atoms with van der Waals surface area (Å²) in [5, 5.41) is 0. The van der Waals surface area contributed by atoms with E-state index in [1.807, 2.05) is 43.5 Å². The molecule has 1 aromatic carbocycles. The normalized spacial score (nSPS) is 9.61. The summed E-state index contributed by atoms with van der Waals surface area (Å²) in [6.45, 7) is 3.39. The predicted molar refractivity (Wildman–Crippen MR) is 67.8 cm³/mol. The van der Waals surface area contributed by atoms with Gasteiger partial charge in [0, 0.05) is 17.3 Å². The van der Waals surface area contributed by atoms with E-state index in [9.17, 15) is 0 Å². The van der Waals surface area contributed by atoms with Crippen LogP contribution in [0.1, 0.15) is 12.5 Å². The van der Waals surface area contributed by atoms with E-state index in [1.54, 1.807) is 0 Å². The van der Waals surface area contributed by atoms with Gasteiger partial charge in [-0.1, -0.05) is 30.3 Å². The molecule has 0 radical (unpaired) electrons. The van der Waals surface area contributed by atoms with Gasteiger partial charge < -0.3 is 22.9 Å². The summed E-state index contributed by atoms with van der Waals surface area (Å²) in [5.41, 5.74) is 7.72. The number of halogens is 1. The Hall–Kier alpha value is -1.74. The van der Waals surface area contributed by atoms with Gasteiger partial charge in [0.1, 0.15) is 0 Å². The number of pyridine rings is 1. The summed E-state index contributed by atoms with van der Waals surface area (Å²) >= 11 is 0. The number of hydrogen-bond acceptors (Lipinski definition) is 2. The van der Waals surface area contributed by atoms with Crippen LogP contribution in [0.25, 0.3) is 0 Å². The van der Waals surface area contributed by atoms with Crippen molar-refractivity contribution in [3.05, 3.63) is 54.2 Å². The van der Waals surface area contributed by atoms with Crippen LogP contribution in [0, 0.1) is 0 Å². The lowest BCUT2D eigenvalue weighted by Gasteiger charge is -2.05. The topological polar surface area (TPSA) is 39.1 Å². The van der Waals surface area contributed by atoms with Crippen LogP contribution in [0.2, 0.25) is 0 Å². The maximum absolute atomic E-state index is 5.76. The van der Waals surface area contributed by atoms with Gasteiger partial charge >= 0.3 is 5.88 Å². The molecule has 18 heavy (non-hydrogen) atoms. The van der Waals surface area contributed by atoms with Crippen LogP contribution >= 0.6 is 0 Å². The Bertz CT molecular complexity index is 488. The third-order valence-corrected chi connectivity index (χ3v) is 2.51. The molecule has 0 atom stereocenters. The summed E-state index contributed by atoms with van der Waals surface area (Å²) in [4.78, 5) is 0. The molecule has 1 heterocycles. The van der Waals surface area contributed by atoms with E-state index >= 15 is 0 Å². The SMILES string of the molecule is CCOc1cc(N)cc[n+]1Cc1ccccc1.[Cl-]. The monoisotopic (exact) mass is 264 g/mol. The van der Waals surface area contributed by atoms with Crippen LogP contribution in [-0.4, -0.2) is 6.61 Å². The van der Waals surface area contributed by atoms with Crippen LogP contribution in [0.4, 0.5) is 5.69 Å². The number of anilines is 1. The van der Waals surface area contributed by atoms with Crippen LogP contribution in [0.5, 0.6) is 5.88 Å². The Balaban J connectivity index is 0.00000162. The van der Waals surface area contributed by atoms with Gasteiger partial charge in [-0.2, -0.15) is 4.57 Å². The molecular weight excluding hydrogens is 248 g/mol. The molecule has 0 unspecified atom stereocenters. The smallest absolute Gasteiger partial charge is 0.370 e. The van der Waals surface area contributed by atoms with E-state index in [0.717, 1.165) is 18.1 Å². The fourth-order valence-corrected chi connectivity index (χ4v) is 1.71. The summed E-state index contributed by atoms with van der Waals surface area (Å²) in [6.07, 6.45) is 1.95. The summed E-state index contributed by atoms with van der Waals surface area (Å²) in [6, 6.07) is 14.0. The first-order valence-corrected chi connectivity index (χ1v) is 5.75. The zero-order valence-electron chi connectivity index (χ0n) is 10.3. The first-order chi connectivity index (χ1) is 8.29. The lowest BCUT2D eigenvalue weighted by molar-refractivity contribution is -0.693. The van der Waals surface area contributed by atoms with E-state index < -0.39 is 0 Å². The van der Waals surface area contributed by atoms with Crippen LogP contribution in [-0.2, 0) is 6.54 Å². The molecule has 0 fully saturated rings. The van der Waals surface area contributed by atoms with Crippen molar-refractivity contribution in [2.24, 2.45) is 0 Å². The van der Waals surface area contributed by atoms with Crippen LogP contribution in [0.15, 0.2) is 48.7 Å². The molecule has 0 aliphatic heterocycles. The second-order valence-corrected chi connectivity index (χ2v) is 3.84. The van der Waals surface area contributed by atoms with Crippen molar-refractivity contribution in [2.45, 2.75) is 13.5 Å². The van der Waals surface area contributed by atoms with Gasteiger partial charge in [0.15, 0.2) is 12.7 Å². The predicted octanol–water partition coefficient (Wildman–Crippen LogP) is -0.993. The zero-order valence-corrected chi connectivity index (χ0v) is 11.1. The maximum Gasteiger partial charge on any atom is 0.370 e. The highest BCUT2D eigenvalue weighted by Crippen LogP contribution is 2.10. The fourth-order valence-electron chi connectivity index (χ4n) is 1.71. The van der Waals surface area contributed by atoms with Crippen molar-refractivity contribution in [1.82, 2.24) is 0 Å². The molecular formula is C14H17ClN2O. The standard InChI is InChI=1S/C14H16N2O.ClH/c1-2-17-14-10-13(15)8-9-16(14)11-12-6-4-3-5-7-12;/h3-10,15H,2,11H2,1H3;1H. The van der Waals surface area contributed by atoms with E-state index in [2.05, 4.69) is 16.7 Å². The Morgan fingerprint density at radius 3 is 2.56 bits per heavy atom. The maximum atomic E-state index is 5.76. The van der Waals surface area contributed by atoms with Gasteiger partial charge in [0.05, 0.1) is 12.7 Å². The third-order valence-electron chi connectivity index (χ3n) is 2.51. The van der Waals surface area contributed by atoms with Gasteiger partial charge in [-0.3, -0.25) is 0 Å². The quantitative estimate of drug-likeness (QED) is 0.720. The van der Waals surface area contributed by atoms with Crippen molar-refractivity contribution in [3.8, 4) is 5.88 Å². The molecule has 2 N–H and O–H groups in total. The van der Waals surface area contributed by atoms with Crippen LogP contribution in [0.3, 0.4) is 0 Å². The van der Waals surface area contributed by atoms with Crippen molar-refractivity contribution >= 4 is 5.69 Å². The summed E-state index contributed by atoms with van der Waals surface area (Å²) < 4.78 is 7.62. The van der Waals surface area contributed by atoms with Crippen molar-refractivity contribution in [3.63, 3.8) is 0 Å². The van der Waals surface area contributed by atoms with E-state index in [1.165, 1.54) is 5.56 Å². The molecule has 96 valence electrons. The molecule has 4 heteroatoms. The van der Waals surface area contributed by atoms with Crippen molar-refractivity contribution in [1.29, 1.82) is 0 Å². The first kappa shape index (κ1) is 14.3. The van der Waals surface area contributed by atoms with Gasteiger partial charge in [0.25, 0.3) is 0 Å². The Labute approximate surface area is 114 Å². The number of aromatic nitrogens is 1. The highest BCUT2D eigenvalue weighted by atomic mass is 35.5. The molecule has 0 aliphatic rings. The van der Waals surface area contributed by atoms with E-state index in [-0.39, 0.29) is 12.4 Å². The Kier molecular flexibility index (Phi) is 5.46. The minimum atomic E-state index is 0. The van der Waals surface area contributed by atoms with Crippen LogP contribution < -0.4 is 27.4 Å². The molecule has 0 saturated carbocycles. The van der Waals surface area contributed by atoms with Gasteiger partial charge in [-0.25, -0.2) is 0 Å². The number of nitrogens with zero attached hydrogens (tertiary/aromatic N) is 1. The molecule has 0 saturated heterocycles. The minimum absolute atomic E-state index is 0. The van der Waals surface area contributed by atoms with E-state index in [4.69, 9.17) is 10.5 Å². The Morgan fingerprint density at radius 2 is 1.89 bits per heavy atom. The minimum Gasteiger partial charge on any atom is -1.00 e. The molecule has 0 amide bonds. The molecule has 0 spiro atoms. The zero-order chi connectivity index (χ0) is 12.1. The molecule has 2 rings (SSSR count). The molecule has 2 aromatic rings. The van der Waals surface area contributed by atoms with Crippen molar-refractivity contribution < 1.29 is 21.7 Å². The highest BCUT2D eigenvalue weighted by molar-refractivity contribution is 5.37. The second kappa shape index (κ2) is 6.87. The molecule has 1 aromatic heterocycles. The molecule has 0 bridgehead atoms. The number of ether oxygens (including phenoxy) is 1. The number of nitrogen functional groups attached to an aromatic ring is 1. The molecule has 3 nitrogen and oxygen atoms in total. The Morgan fingerprint density at radius 1 is 1.17 bits per heavy atom. The summed E-state index contributed by atoms with van der Waals surface area (Å²) in [5.74, 6) is 0.802. The van der Waals surface area contributed by atoms with Gasteiger partial charge in [-0.05, 0) is 6.92 Å². The fraction of sp³-hybridized carbons (Fsp3) is 0.214. The largest absolute Gasteiger partial charge is 1.00 e. The third kappa shape index (κ3) is 3.64. The number of nitrogens with two attached hydrogens (primary N) is 1. The number of hydrogen-bond donors (Lipinski definition) is 1. The van der Waals surface area contributed by atoms with Gasteiger partial charge in [-0.15, -0.1) is 0 Å². The molecule has 0 aliphatic carbocycles. The lowest BCUT2D eigenvalue weighted by Crippen LogP contribution is -3.00. The van der Waals surface area contributed by atoms with E-state index in [0.29, 0.717) is 6.61 Å². The average molecular weight is 265 g/mol. The highest BCUT2D eigenvalue weighted by Gasteiger charge is 2.12. The van der Waals surface area contributed by atoms with Gasteiger partial charge in [0.2, 0.25) is 0 Å². The van der Waals surface area contributed by atoms with Crippen molar-refractivity contribution in [2.75, 3.05) is 12.3 Å². The first-order valence-electron chi connectivity index (χ1n) is 5.75. The number of rotatable bonds is 4. The lowest BCUT2D eigenvalue weighted by atomic mass is 10.2.